The third-order valence-corrected chi connectivity index (χ3v) is 7.74. The summed E-state index contributed by atoms with van der Waals surface area (Å²) >= 11 is 0.920. The minimum atomic E-state index is -3.92. The van der Waals surface area contributed by atoms with Gasteiger partial charge in [0.15, 0.2) is 0 Å². The van der Waals surface area contributed by atoms with E-state index in [1.165, 1.54) is 12.1 Å². The molecule has 2 aromatic rings. The predicted molar refractivity (Wildman–Crippen MR) is 117 cm³/mol. The van der Waals surface area contributed by atoms with Gasteiger partial charge in [0, 0.05) is 6.04 Å². The highest BCUT2D eigenvalue weighted by atomic mass is 32.2. The van der Waals surface area contributed by atoms with Crippen molar-refractivity contribution in [1.29, 1.82) is 0 Å². The minimum Gasteiger partial charge on any atom is -0.462 e. The van der Waals surface area contributed by atoms with Crippen LogP contribution in [0, 0.1) is 6.92 Å². The van der Waals surface area contributed by atoms with Gasteiger partial charge in [-0.15, -0.1) is 11.3 Å². The number of carbonyl (C=O) groups is 2. The van der Waals surface area contributed by atoms with E-state index in [0.717, 1.165) is 43.4 Å². The monoisotopic (exact) mass is 450 g/mol. The molecule has 0 unspecified atom stereocenters. The van der Waals surface area contributed by atoms with Crippen molar-refractivity contribution in [3.05, 3.63) is 46.3 Å². The maximum Gasteiger partial charge on any atom is 0.348 e. The molecule has 1 aliphatic carbocycles. The second-order valence-electron chi connectivity index (χ2n) is 7.21. The lowest BCUT2D eigenvalue weighted by molar-refractivity contribution is 0.0531. The van der Waals surface area contributed by atoms with Gasteiger partial charge < -0.3 is 10.1 Å². The maximum atomic E-state index is 13.1. The number of sulfonamides is 1. The van der Waals surface area contributed by atoms with Crippen molar-refractivity contribution >= 4 is 38.2 Å². The van der Waals surface area contributed by atoms with Crippen molar-refractivity contribution in [3.63, 3.8) is 0 Å². The number of hydrogen-bond donors (Lipinski definition) is 2. The Kier molecular flexibility index (Phi) is 7.14. The van der Waals surface area contributed by atoms with Gasteiger partial charge in [-0.1, -0.05) is 37.5 Å². The molecule has 1 saturated carbocycles. The van der Waals surface area contributed by atoms with Gasteiger partial charge in [-0.05, 0) is 44.4 Å². The van der Waals surface area contributed by atoms with E-state index in [0.29, 0.717) is 5.56 Å². The molecule has 30 heavy (non-hydrogen) atoms. The molecule has 0 aliphatic heterocycles. The van der Waals surface area contributed by atoms with Crippen LogP contribution in [0.1, 0.15) is 64.6 Å². The molecule has 0 spiro atoms. The van der Waals surface area contributed by atoms with Crippen molar-refractivity contribution in [2.24, 2.45) is 0 Å². The van der Waals surface area contributed by atoms with Crippen LogP contribution in [0.25, 0.3) is 0 Å². The van der Waals surface area contributed by atoms with Gasteiger partial charge in [-0.3, -0.25) is 9.52 Å². The number of hydrogen-bond acceptors (Lipinski definition) is 6. The van der Waals surface area contributed by atoms with Crippen LogP contribution >= 0.6 is 11.3 Å². The maximum absolute atomic E-state index is 13.1. The van der Waals surface area contributed by atoms with Crippen LogP contribution in [0.3, 0.4) is 0 Å². The number of benzene rings is 1. The first-order chi connectivity index (χ1) is 14.3. The molecular formula is C21H26N2O5S2. The summed E-state index contributed by atoms with van der Waals surface area (Å²) in [5, 5.41) is 3.13. The molecule has 1 aromatic carbocycles. The second-order valence-corrected chi connectivity index (χ2v) is 9.91. The van der Waals surface area contributed by atoms with E-state index < -0.39 is 16.0 Å². The van der Waals surface area contributed by atoms with Crippen molar-refractivity contribution in [3.8, 4) is 0 Å². The molecule has 3 rings (SSSR count). The summed E-state index contributed by atoms with van der Waals surface area (Å²) in [6.45, 7) is 3.51. The van der Waals surface area contributed by atoms with E-state index in [9.17, 15) is 18.0 Å². The number of nitrogens with one attached hydrogen (secondary N) is 2. The van der Waals surface area contributed by atoms with E-state index in [1.807, 2.05) is 0 Å². The normalized spacial score (nSPS) is 14.9. The molecule has 2 N–H and O–H groups in total. The molecule has 0 bridgehead atoms. The number of anilines is 1. The number of esters is 1. The molecule has 0 atom stereocenters. The van der Waals surface area contributed by atoms with Crippen molar-refractivity contribution in [1.82, 2.24) is 5.32 Å². The SMILES string of the molecule is CCOC(=O)c1sc(NS(=O)(=O)c2ccccc2)c(C(=O)NC2CCCCC2)c1C. The van der Waals surface area contributed by atoms with Crippen LogP contribution in [0.5, 0.6) is 0 Å². The Labute approximate surface area is 180 Å². The van der Waals surface area contributed by atoms with Gasteiger partial charge in [0.25, 0.3) is 15.9 Å². The molecule has 1 fully saturated rings. The standard InChI is InChI=1S/C21H26N2O5S2/c1-3-28-21(25)18-14(2)17(19(24)22-15-10-6-4-7-11-15)20(29-18)23-30(26,27)16-12-8-5-9-13-16/h5,8-9,12-13,15,23H,3-4,6-7,10-11H2,1-2H3,(H,22,24). The lowest BCUT2D eigenvalue weighted by atomic mass is 9.95. The van der Waals surface area contributed by atoms with Crippen LogP contribution in [0.4, 0.5) is 5.00 Å². The fourth-order valence-electron chi connectivity index (χ4n) is 3.54. The summed E-state index contributed by atoms with van der Waals surface area (Å²) in [7, 11) is -3.92. The summed E-state index contributed by atoms with van der Waals surface area (Å²) in [6.07, 6.45) is 5.04. The molecule has 1 amide bonds. The van der Waals surface area contributed by atoms with Crippen LogP contribution in [0.15, 0.2) is 35.2 Å². The molecule has 1 aromatic heterocycles. The quantitative estimate of drug-likeness (QED) is 0.619. The zero-order valence-electron chi connectivity index (χ0n) is 17.1. The molecule has 9 heteroatoms. The second kappa shape index (κ2) is 9.61. The molecular weight excluding hydrogens is 424 g/mol. The fraction of sp³-hybridized carbons (Fsp3) is 0.429. The first-order valence-electron chi connectivity index (χ1n) is 10.0. The number of carbonyl (C=O) groups excluding carboxylic acids is 2. The van der Waals surface area contributed by atoms with E-state index in [1.54, 1.807) is 32.0 Å². The van der Waals surface area contributed by atoms with Crippen LogP contribution in [-0.4, -0.2) is 32.9 Å². The zero-order valence-corrected chi connectivity index (χ0v) is 18.7. The van der Waals surface area contributed by atoms with E-state index in [-0.39, 0.29) is 38.9 Å². The van der Waals surface area contributed by atoms with Crippen LogP contribution in [-0.2, 0) is 14.8 Å². The van der Waals surface area contributed by atoms with Gasteiger partial charge in [-0.2, -0.15) is 0 Å². The smallest absolute Gasteiger partial charge is 0.348 e. The number of amides is 1. The molecule has 162 valence electrons. The summed E-state index contributed by atoms with van der Waals surface area (Å²) in [4.78, 5) is 25.7. The molecule has 7 nitrogen and oxygen atoms in total. The fourth-order valence-corrected chi connectivity index (χ4v) is 5.96. The summed E-state index contributed by atoms with van der Waals surface area (Å²) < 4.78 is 33.2. The van der Waals surface area contributed by atoms with Crippen molar-refractivity contribution in [2.75, 3.05) is 11.3 Å². The predicted octanol–water partition coefficient (Wildman–Crippen LogP) is 4.10. The Morgan fingerprint density at radius 2 is 1.80 bits per heavy atom. The third kappa shape index (κ3) is 5.02. The number of rotatable bonds is 7. The van der Waals surface area contributed by atoms with Crippen LogP contribution in [0.2, 0.25) is 0 Å². The van der Waals surface area contributed by atoms with E-state index >= 15 is 0 Å². The first kappa shape index (κ1) is 22.3. The van der Waals surface area contributed by atoms with Gasteiger partial charge in [0.2, 0.25) is 0 Å². The highest BCUT2D eigenvalue weighted by molar-refractivity contribution is 7.93. The average molecular weight is 451 g/mol. The van der Waals surface area contributed by atoms with E-state index in [4.69, 9.17) is 4.74 Å². The Hall–Kier alpha value is -2.39. The Balaban J connectivity index is 1.96. The first-order valence-corrected chi connectivity index (χ1v) is 12.3. The topological polar surface area (TPSA) is 102 Å². The summed E-state index contributed by atoms with van der Waals surface area (Å²) in [5.41, 5.74) is 0.589. The minimum absolute atomic E-state index is 0.0511. The van der Waals surface area contributed by atoms with Gasteiger partial charge in [0.1, 0.15) is 9.88 Å². The Morgan fingerprint density at radius 1 is 1.13 bits per heavy atom. The van der Waals surface area contributed by atoms with Crippen molar-refractivity contribution < 1.29 is 22.7 Å². The number of ether oxygens (including phenoxy) is 1. The molecule has 1 heterocycles. The molecule has 0 radical (unpaired) electrons. The highest BCUT2D eigenvalue weighted by Gasteiger charge is 2.29. The summed E-state index contributed by atoms with van der Waals surface area (Å²) in [6, 6.07) is 7.95. The van der Waals surface area contributed by atoms with Gasteiger partial charge >= 0.3 is 5.97 Å². The van der Waals surface area contributed by atoms with Crippen molar-refractivity contribution in [2.45, 2.75) is 56.9 Å². The third-order valence-electron chi connectivity index (χ3n) is 5.06. The highest BCUT2D eigenvalue weighted by Crippen LogP contribution is 2.35. The van der Waals surface area contributed by atoms with E-state index in [2.05, 4.69) is 10.0 Å². The van der Waals surface area contributed by atoms with Gasteiger partial charge in [-0.25, -0.2) is 13.2 Å². The lowest BCUT2D eigenvalue weighted by Gasteiger charge is -2.23. The average Bonchev–Trinajstić information content (AvgIpc) is 3.05. The van der Waals surface area contributed by atoms with Gasteiger partial charge in [0.05, 0.1) is 17.1 Å². The molecule has 1 aliphatic rings. The molecule has 0 saturated heterocycles. The van der Waals surface area contributed by atoms with Crippen LogP contribution < -0.4 is 10.0 Å². The zero-order chi connectivity index (χ0) is 21.7. The lowest BCUT2D eigenvalue weighted by Crippen LogP contribution is -2.36. The summed E-state index contributed by atoms with van der Waals surface area (Å²) in [5.74, 6) is -0.950. The Bertz CT molecular complexity index is 1010. The largest absolute Gasteiger partial charge is 0.462 e. The Morgan fingerprint density at radius 3 is 2.43 bits per heavy atom. The number of thiophene rings is 1.